The predicted molar refractivity (Wildman–Crippen MR) is 73.5 cm³/mol. The summed E-state index contributed by atoms with van der Waals surface area (Å²) >= 11 is 6.08. The average Bonchev–Trinajstić information content (AvgIpc) is 2.57. The molecular formula is C11H20ClN3O2S. The first-order valence-electron chi connectivity index (χ1n) is 5.68. The topological polar surface area (TPSA) is 78.0 Å². The molecule has 0 amide bonds. The molecule has 0 radical (unpaired) electrons. The van der Waals surface area contributed by atoms with Crippen LogP contribution in [0.1, 0.15) is 45.5 Å². The highest BCUT2D eigenvalue weighted by Gasteiger charge is 2.40. The Labute approximate surface area is 113 Å². The van der Waals surface area contributed by atoms with E-state index in [1.165, 1.54) is 12.5 Å². The van der Waals surface area contributed by atoms with Gasteiger partial charge in [-0.1, -0.05) is 11.6 Å². The summed E-state index contributed by atoms with van der Waals surface area (Å²) in [7, 11) is -3.31. The van der Waals surface area contributed by atoms with Crippen molar-refractivity contribution in [2.24, 2.45) is 5.73 Å². The molecule has 1 atom stereocenters. The fourth-order valence-electron chi connectivity index (χ4n) is 1.61. The van der Waals surface area contributed by atoms with Gasteiger partial charge in [0.05, 0.1) is 27.7 Å². The van der Waals surface area contributed by atoms with Crippen LogP contribution in [0, 0.1) is 0 Å². The number of aromatic nitrogens is 2. The van der Waals surface area contributed by atoms with E-state index in [4.69, 9.17) is 17.3 Å². The molecule has 0 aliphatic rings. The van der Waals surface area contributed by atoms with E-state index in [1.807, 2.05) is 13.8 Å². The highest BCUT2D eigenvalue weighted by molar-refractivity contribution is 7.92. The maximum absolute atomic E-state index is 11.8. The Hall–Kier alpha value is -0.590. The lowest BCUT2D eigenvalue weighted by molar-refractivity contribution is 0.437. The molecule has 0 fully saturated rings. The molecule has 7 heteroatoms. The van der Waals surface area contributed by atoms with Crippen molar-refractivity contribution in [2.75, 3.05) is 6.26 Å². The summed E-state index contributed by atoms with van der Waals surface area (Å²) in [6, 6.07) is -0.668. The molecule has 1 rings (SSSR count). The van der Waals surface area contributed by atoms with Gasteiger partial charge in [0.25, 0.3) is 0 Å². The van der Waals surface area contributed by atoms with Crippen LogP contribution < -0.4 is 5.73 Å². The van der Waals surface area contributed by atoms with Crippen LogP contribution in [0.25, 0.3) is 0 Å². The average molecular weight is 294 g/mol. The summed E-state index contributed by atoms with van der Waals surface area (Å²) in [6.45, 7) is 7.07. The molecule has 0 aromatic carbocycles. The normalized spacial score (nSPS) is 15.1. The fraction of sp³-hybridized carbons (Fsp3) is 0.727. The molecule has 0 bridgehead atoms. The third-order valence-corrected chi connectivity index (χ3v) is 5.73. The first-order valence-corrected chi connectivity index (χ1v) is 7.95. The third-order valence-electron chi connectivity index (χ3n) is 3.28. The van der Waals surface area contributed by atoms with Gasteiger partial charge in [-0.2, -0.15) is 5.10 Å². The zero-order chi connectivity index (χ0) is 14.3. The Balaban J connectivity index is 3.36. The van der Waals surface area contributed by atoms with Gasteiger partial charge in [0.2, 0.25) is 0 Å². The van der Waals surface area contributed by atoms with Crippen molar-refractivity contribution in [3.63, 3.8) is 0 Å². The van der Waals surface area contributed by atoms with Crippen LogP contribution in [0.5, 0.6) is 0 Å². The minimum atomic E-state index is -3.31. The highest BCUT2D eigenvalue weighted by Crippen LogP contribution is 2.34. The molecule has 0 aliphatic heterocycles. The van der Waals surface area contributed by atoms with Crippen LogP contribution in [0.2, 0.25) is 5.02 Å². The largest absolute Gasteiger partial charge is 0.321 e. The third kappa shape index (κ3) is 2.55. The number of sulfone groups is 1. The van der Waals surface area contributed by atoms with Gasteiger partial charge >= 0.3 is 0 Å². The summed E-state index contributed by atoms with van der Waals surface area (Å²) in [5.74, 6) is 0. The molecule has 1 unspecified atom stereocenters. The zero-order valence-electron chi connectivity index (χ0n) is 11.3. The minimum absolute atomic E-state index is 0.0638. The van der Waals surface area contributed by atoms with Gasteiger partial charge in [0.15, 0.2) is 9.84 Å². The van der Waals surface area contributed by atoms with Crippen LogP contribution in [0.4, 0.5) is 0 Å². The summed E-state index contributed by atoms with van der Waals surface area (Å²) in [5, 5.41) is 4.54. The quantitative estimate of drug-likeness (QED) is 0.920. The van der Waals surface area contributed by atoms with Crippen LogP contribution in [0.3, 0.4) is 0 Å². The van der Waals surface area contributed by atoms with E-state index in [9.17, 15) is 8.42 Å². The van der Waals surface area contributed by atoms with E-state index < -0.39 is 20.6 Å². The number of nitrogens with two attached hydrogens (primary N) is 1. The first kappa shape index (κ1) is 15.5. The summed E-state index contributed by atoms with van der Waals surface area (Å²) in [4.78, 5) is 0. The molecule has 1 aromatic heterocycles. The van der Waals surface area contributed by atoms with Gasteiger partial charge in [0.1, 0.15) is 0 Å². The van der Waals surface area contributed by atoms with Gasteiger partial charge < -0.3 is 5.73 Å². The SMILES string of the molecule is CC(C)n1ncc(Cl)c1C(N)C(C)(C)S(C)(=O)=O. The Morgan fingerprint density at radius 2 is 1.94 bits per heavy atom. The van der Waals surface area contributed by atoms with E-state index in [1.54, 1.807) is 18.5 Å². The smallest absolute Gasteiger partial charge is 0.154 e. The number of rotatable bonds is 4. The van der Waals surface area contributed by atoms with E-state index in [2.05, 4.69) is 5.10 Å². The van der Waals surface area contributed by atoms with Crippen molar-refractivity contribution in [3.05, 3.63) is 16.9 Å². The molecule has 1 aromatic rings. The molecule has 0 spiro atoms. The molecular weight excluding hydrogens is 274 g/mol. The Morgan fingerprint density at radius 3 is 2.33 bits per heavy atom. The molecule has 18 heavy (non-hydrogen) atoms. The summed E-state index contributed by atoms with van der Waals surface area (Å²) < 4.78 is 24.2. The Bertz CT molecular complexity index is 534. The second-order valence-electron chi connectivity index (χ2n) is 5.27. The van der Waals surface area contributed by atoms with E-state index in [-0.39, 0.29) is 6.04 Å². The molecule has 0 saturated carbocycles. The van der Waals surface area contributed by atoms with Gasteiger partial charge in [0, 0.05) is 12.3 Å². The second-order valence-corrected chi connectivity index (χ2v) is 8.27. The minimum Gasteiger partial charge on any atom is -0.321 e. The van der Waals surface area contributed by atoms with Gasteiger partial charge in [-0.05, 0) is 27.7 Å². The lowest BCUT2D eigenvalue weighted by atomic mass is 10.0. The molecule has 0 saturated heterocycles. The van der Waals surface area contributed by atoms with E-state index in [0.717, 1.165) is 0 Å². The van der Waals surface area contributed by atoms with Crippen molar-refractivity contribution in [1.29, 1.82) is 0 Å². The molecule has 5 nitrogen and oxygen atoms in total. The van der Waals surface area contributed by atoms with Crippen LogP contribution in [-0.2, 0) is 9.84 Å². The van der Waals surface area contributed by atoms with E-state index in [0.29, 0.717) is 10.7 Å². The monoisotopic (exact) mass is 293 g/mol. The Morgan fingerprint density at radius 1 is 1.44 bits per heavy atom. The van der Waals surface area contributed by atoms with Crippen molar-refractivity contribution >= 4 is 21.4 Å². The predicted octanol–water partition coefficient (Wildman–Crippen LogP) is 1.94. The van der Waals surface area contributed by atoms with Gasteiger partial charge in [-0.15, -0.1) is 0 Å². The highest BCUT2D eigenvalue weighted by atomic mass is 35.5. The first-order chi connectivity index (χ1) is 8.00. The van der Waals surface area contributed by atoms with Gasteiger partial charge in [-0.25, -0.2) is 8.42 Å². The molecule has 0 aliphatic carbocycles. The lowest BCUT2D eigenvalue weighted by Gasteiger charge is -2.31. The Kier molecular flexibility index (Phi) is 4.15. The van der Waals surface area contributed by atoms with Gasteiger partial charge in [-0.3, -0.25) is 4.68 Å². The number of hydrogen-bond donors (Lipinski definition) is 1. The van der Waals surface area contributed by atoms with Crippen LogP contribution in [-0.4, -0.2) is 29.2 Å². The summed E-state index contributed by atoms with van der Waals surface area (Å²) in [6.07, 6.45) is 2.67. The maximum atomic E-state index is 11.8. The molecule has 104 valence electrons. The second kappa shape index (κ2) is 4.83. The summed E-state index contributed by atoms with van der Waals surface area (Å²) in [5.41, 5.74) is 6.68. The standard InChI is InChI=1S/C11H20ClN3O2S/c1-7(2)15-9(8(12)6-14-15)10(13)11(3,4)18(5,16)17/h6-7,10H,13H2,1-5H3. The lowest BCUT2D eigenvalue weighted by Crippen LogP contribution is -2.43. The number of hydrogen-bond acceptors (Lipinski definition) is 4. The van der Waals surface area contributed by atoms with Crippen molar-refractivity contribution in [3.8, 4) is 0 Å². The van der Waals surface area contributed by atoms with Crippen molar-refractivity contribution in [2.45, 2.75) is 44.5 Å². The van der Waals surface area contributed by atoms with E-state index >= 15 is 0 Å². The molecule has 2 N–H and O–H groups in total. The number of halogens is 1. The zero-order valence-corrected chi connectivity index (χ0v) is 12.9. The number of nitrogens with zero attached hydrogens (tertiary/aromatic N) is 2. The fourth-order valence-corrected chi connectivity index (χ4v) is 2.43. The van der Waals surface area contributed by atoms with Crippen molar-refractivity contribution < 1.29 is 8.42 Å². The van der Waals surface area contributed by atoms with Crippen LogP contribution >= 0.6 is 11.6 Å². The van der Waals surface area contributed by atoms with Crippen molar-refractivity contribution in [1.82, 2.24) is 9.78 Å². The van der Waals surface area contributed by atoms with Crippen LogP contribution in [0.15, 0.2) is 6.20 Å². The molecule has 1 heterocycles. The maximum Gasteiger partial charge on any atom is 0.154 e.